The van der Waals surface area contributed by atoms with Gasteiger partial charge < -0.3 is 49.8 Å². The van der Waals surface area contributed by atoms with Crippen LogP contribution >= 0.6 is 80.7 Å². The third-order valence-electron chi connectivity index (χ3n) is 25.6. The normalized spacial score (nSPS) is 21.5. The van der Waals surface area contributed by atoms with Gasteiger partial charge in [-0.1, -0.05) is 232 Å². The van der Waals surface area contributed by atoms with Gasteiger partial charge in [0, 0.05) is 32.2 Å². The van der Waals surface area contributed by atoms with Crippen LogP contribution in [0.4, 0.5) is 0 Å². The van der Waals surface area contributed by atoms with Crippen LogP contribution in [0.3, 0.4) is 0 Å². The first kappa shape index (κ1) is 117. The van der Waals surface area contributed by atoms with E-state index in [4.69, 9.17) is 19.2 Å². The smallest absolute Gasteiger partial charge is 0.373 e. The first-order valence-electron chi connectivity index (χ1n) is 37.2. The molecule has 8 aliphatic carbocycles. The van der Waals surface area contributed by atoms with E-state index < -0.39 is 28.2 Å². The van der Waals surface area contributed by atoms with Crippen molar-refractivity contribution in [2.24, 2.45) is 85.2 Å². The molecule has 0 unspecified atom stereocenters. The van der Waals surface area contributed by atoms with Gasteiger partial charge in [-0.15, -0.1) is 17.0 Å². The summed E-state index contributed by atoms with van der Waals surface area (Å²) in [6.45, 7) is 0.483. The lowest BCUT2D eigenvalue weighted by molar-refractivity contribution is -0.193. The van der Waals surface area contributed by atoms with Crippen LogP contribution in [0.15, 0.2) is 0 Å². The fourth-order valence-corrected chi connectivity index (χ4v) is 21.5. The Hall–Kier alpha value is -1.38. The topological polar surface area (TPSA) is 292 Å². The fourth-order valence-electron chi connectivity index (χ4n) is 17.4. The van der Waals surface area contributed by atoms with Gasteiger partial charge in [0.25, 0.3) is 0 Å². The Balaban J connectivity index is -0.000000231. The zero-order valence-electron chi connectivity index (χ0n) is 58.6. The minimum Gasteiger partial charge on any atom is -0.480 e. The number of aliphatic hydroxyl groups is 4. The summed E-state index contributed by atoms with van der Waals surface area (Å²) in [6, 6.07) is 0. The van der Waals surface area contributed by atoms with Gasteiger partial charge in [-0.05, 0) is 238 Å². The number of carboxylic acid groups (broad SMARTS) is 2. The molecule has 21 heteroatoms. The van der Waals surface area contributed by atoms with Gasteiger partial charge in [0.2, 0.25) is 0 Å². The molecule has 105 heavy (non-hydrogen) atoms. The van der Waals surface area contributed by atoms with Crippen LogP contribution in [-0.4, -0.2) is 128 Å². The SMILES string of the molecule is Br.BrCC1(CBr)CCC(CCCC2CCC(CBr)(CBr)CC2)CC1.C.C.C.C.C.C.C.C.O=C(O)C1(C(=O)O)CCC(CCCC2CCCCC2)CC1.O=C=O.O=C=O.O=CC1(C=O)CCC(CCCC2CCC(C=O)(C=O)CC2)CC1.OCC1(CO)CCC(CCCC2CCC(CO)(CO)CC2)CC1. The van der Waals surface area contributed by atoms with E-state index in [1.165, 1.54) is 163 Å². The minimum absolute atomic E-state index is 0. The number of aldehydes is 4. The summed E-state index contributed by atoms with van der Waals surface area (Å²) in [4.78, 5) is 99.3. The molecule has 0 amide bonds. The molecule has 0 atom stereocenters. The van der Waals surface area contributed by atoms with Crippen LogP contribution in [0.2, 0.25) is 0 Å². The molecule has 8 rings (SSSR count). The number of hydrogen-bond donors (Lipinski definition) is 6. The van der Waals surface area contributed by atoms with Crippen LogP contribution in [0, 0.1) is 85.2 Å². The van der Waals surface area contributed by atoms with Crippen molar-refractivity contribution in [3.8, 4) is 0 Å². The monoisotopic (exact) mass is 1820 g/mol. The summed E-state index contributed by atoms with van der Waals surface area (Å²) < 4.78 is 0. The average molecular weight is 1820 g/mol. The van der Waals surface area contributed by atoms with Crippen molar-refractivity contribution in [2.75, 3.05) is 47.7 Å². The van der Waals surface area contributed by atoms with Gasteiger partial charge in [0.05, 0.1) is 37.3 Å². The molecule has 16 nitrogen and oxygen atoms in total. The average Bonchev–Trinajstić information content (AvgIpc) is 0.811. The van der Waals surface area contributed by atoms with Gasteiger partial charge in [-0.2, -0.15) is 19.2 Å². The molecule has 0 spiro atoms. The number of alkyl halides is 4. The number of aliphatic carboxylic acids is 2. The van der Waals surface area contributed by atoms with Crippen molar-refractivity contribution in [2.45, 2.75) is 348 Å². The van der Waals surface area contributed by atoms with Crippen molar-refractivity contribution in [1.82, 2.24) is 0 Å². The second kappa shape index (κ2) is 63.1. The van der Waals surface area contributed by atoms with Gasteiger partial charge in [-0.3, -0.25) is 9.59 Å². The van der Waals surface area contributed by atoms with Crippen LogP contribution in [-0.2, 0) is 47.9 Å². The lowest BCUT2D eigenvalue weighted by Gasteiger charge is -2.39. The van der Waals surface area contributed by atoms with E-state index in [-0.39, 0.29) is 126 Å². The minimum atomic E-state index is -1.51. The molecular weight excluding hydrogens is 1660 g/mol. The Kier molecular flexibility index (Phi) is 70.2. The Morgan fingerprint density at radius 3 is 0.648 bits per heavy atom. The highest BCUT2D eigenvalue weighted by Crippen LogP contribution is 2.48. The van der Waals surface area contributed by atoms with E-state index in [0.717, 1.165) is 164 Å². The molecule has 8 saturated carbocycles. The number of carbonyl (C=O) groups is 6. The van der Waals surface area contributed by atoms with E-state index in [9.17, 15) is 59.4 Å². The Labute approximate surface area is 684 Å². The molecule has 0 radical (unpaired) electrons. The molecule has 0 aliphatic heterocycles. The highest BCUT2D eigenvalue weighted by Gasteiger charge is 2.49. The molecule has 0 aromatic heterocycles. The Morgan fingerprint density at radius 2 is 0.476 bits per heavy atom. The van der Waals surface area contributed by atoms with E-state index >= 15 is 0 Å². The molecular formula is C84H157Br5O16. The van der Waals surface area contributed by atoms with Crippen molar-refractivity contribution < 1.29 is 78.6 Å². The Morgan fingerprint density at radius 1 is 0.305 bits per heavy atom. The third-order valence-corrected chi connectivity index (χ3v) is 30.3. The van der Waals surface area contributed by atoms with Gasteiger partial charge in [0.15, 0.2) is 5.41 Å². The number of carboxylic acids is 2. The molecule has 624 valence electrons. The van der Waals surface area contributed by atoms with E-state index in [0.29, 0.717) is 67.1 Å². The predicted octanol–water partition coefficient (Wildman–Crippen LogP) is 22.5. The highest BCUT2D eigenvalue weighted by atomic mass is 79.9. The zero-order valence-corrected chi connectivity index (χ0v) is 66.6. The summed E-state index contributed by atoms with van der Waals surface area (Å²) in [7, 11) is 0. The van der Waals surface area contributed by atoms with Crippen LogP contribution in [0.5, 0.6) is 0 Å². The number of rotatable bonds is 30. The largest absolute Gasteiger partial charge is 0.480 e. The molecule has 8 fully saturated rings. The van der Waals surface area contributed by atoms with Gasteiger partial charge in [0.1, 0.15) is 25.1 Å². The van der Waals surface area contributed by atoms with Crippen LogP contribution in [0.1, 0.15) is 348 Å². The quantitative estimate of drug-likeness (QED) is 0.0221. The van der Waals surface area contributed by atoms with Gasteiger partial charge in [-0.25, -0.2) is 0 Å². The molecule has 0 bridgehead atoms. The maximum atomic E-state index is 11.3. The summed E-state index contributed by atoms with van der Waals surface area (Å²) >= 11 is 14.9. The Bertz CT molecular complexity index is 1990. The van der Waals surface area contributed by atoms with Gasteiger partial charge >= 0.3 is 24.2 Å². The number of halogens is 5. The number of aliphatic hydroxyl groups excluding tert-OH is 4. The van der Waals surface area contributed by atoms with Crippen LogP contribution in [0.25, 0.3) is 0 Å². The van der Waals surface area contributed by atoms with E-state index in [2.05, 4.69) is 63.7 Å². The third kappa shape index (κ3) is 39.3. The van der Waals surface area contributed by atoms with E-state index in [1.54, 1.807) is 0 Å². The molecule has 8 aliphatic rings. The van der Waals surface area contributed by atoms with Crippen LogP contribution < -0.4 is 0 Å². The first-order valence-corrected chi connectivity index (χ1v) is 41.7. The second-order valence-electron chi connectivity index (χ2n) is 31.8. The fraction of sp³-hybridized carbons (Fsp3) is 0.905. The molecule has 0 aromatic rings. The van der Waals surface area contributed by atoms with Crippen molar-refractivity contribution in [3.63, 3.8) is 0 Å². The summed E-state index contributed by atoms with van der Waals surface area (Å²) in [5.74, 6) is 3.93. The molecule has 6 N–H and O–H groups in total. The maximum absolute atomic E-state index is 11.3. The highest BCUT2D eigenvalue weighted by molar-refractivity contribution is 9.10. The number of hydrogen-bond acceptors (Lipinski definition) is 14. The van der Waals surface area contributed by atoms with Crippen molar-refractivity contribution in [3.05, 3.63) is 0 Å². The van der Waals surface area contributed by atoms with Crippen molar-refractivity contribution in [1.29, 1.82) is 0 Å². The molecule has 0 heterocycles. The first-order chi connectivity index (χ1) is 46.2. The molecule has 0 saturated heterocycles. The maximum Gasteiger partial charge on any atom is 0.373 e. The summed E-state index contributed by atoms with van der Waals surface area (Å²) in [6.07, 6.45) is 54.9. The summed E-state index contributed by atoms with van der Waals surface area (Å²) in [5.41, 5.74) is -2.24. The standard InChI is InChI=1S/C19H32Br4.C19H36O4.C19H28O4.C17H28O4.2CO2.8CH4.BrH/c3*20-12-18(13-21)8-4-16(5-9-18)2-1-3-17-6-10-19(14-22,15-23)11-7-17;18-15(19)17(16(20)21)11-9-14(10-12-17)8-4-7-13-5-2-1-3-6-13;2*2-1-3;;;;;;;;;/h16-17H,1-15H2;16-17,20-23H,1-15H2;12-17H,1-11H2;13-14H,1-12H2,(H,18,19)(H,20,21);;;8*1H4;1H. The van der Waals surface area contributed by atoms with Crippen molar-refractivity contribution >= 4 is 130 Å². The second-order valence-corrected chi connectivity index (χ2v) is 34.0. The predicted molar refractivity (Wildman–Crippen MR) is 450 cm³/mol. The lowest BCUT2D eigenvalue weighted by Crippen LogP contribution is -2.42. The lowest BCUT2D eigenvalue weighted by atomic mass is 9.69. The van der Waals surface area contributed by atoms with E-state index in [1.807, 2.05) is 0 Å². The zero-order chi connectivity index (χ0) is 71.0. The summed E-state index contributed by atoms with van der Waals surface area (Å²) in [5, 5.41) is 60.9. The molecule has 0 aromatic carbocycles. The number of carbonyl (C=O) groups excluding carboxylic acids is 8.